The number of hydrogen-bond acceptors (Lipinski definition) is 3. The minimum Gasteiger partial charge on any atom is -0.491 e. The predicted molar refractivity (Wildman–Crippen MR) is 68.4 cm³/mol. The standard InChI is InChI=1S/C14H21NO2/c1-10(16)9-17-12-6-7-13-11(8-12)4-3-5-14(13)15-2/h6-8,10,14-16H,3-5,9H2,1-2H3. The molecule has 0 amide bonds. The van der Waals surface area contributed by atoms with Crippen molar-refractivity contribution in [3.8, 4) is 5.75 Å². The van der Waals surface area contributed by atoms with Gasteiger partial charge in [0, 0.05) is 6.04 Å². The summed E-state index contributed by atoms with van der Waals surface area (Å²) < 4.78 is 5.53. The van der Waals surface area contributed by atoms with Crippen LogP contribution in [0, 0.1) is 0 Å². The molecule has 0 fully saturated rings. The third-order valence-electron chi connectivity index (χ3n) is 3.27. The van der Waals surface area contributed by atoms with E-state index in [9.17, 15) is 5.11 Å². The van der Waals surface area contributed by atoms with Gasteiger partial charge in [0.25, 0.3) is 0 Å². The molecule has 94 valence electrons. The zero-order valence-electron chi connectivity index (χ0n) is 10.6. The molecule has 2 N–H and O–H groups in total. The van der Waals surface area contributed by atoms with Crippen LogP contribution in [0.15, 0.2) is 18.2 Å². The topological polar surface area (TPSA) is 41.5 Å². The van der Waals surface area contributed by atoms with E-state index in [-0.39, 0.29) is 0 Å². The van der Waals surface area contributed by atoms with E-state index in [2.05, 4.69) is 17.4 Å². The molecule has 0 spiro atoms. The van der Waals surface area contributed by atoms with Crippen molar-refractivity contribution in [3.05, 3.63) is 29.3 Å². The van der Waals surface area contributed by atoms with Crippen molar-refractivity contribution in [2.75, 3.05) is 13.7 Å². The lowest BCUT2D eigenvalue weighted by Crippen LogP contribution is -2.21. The zero-order chi connectivity index (χ0) is 12.3. The number of rotatable bonds is 4. The van der Waals surface area contributed by atoms with Crippen molar-refractivity contribution < 1.29 is 9.84 Å². The molecule has 3 heteroatoms. The molecule has 0 bridgehead atoms. The van der Waals surface area contributed by atoms with Gasteiger partial charge in [-0.1, -0.05) is 6.07 Å². The van der Waals surface area contributed by atoms with E-state index in [1.807, 2.05) is 13.1 Å². The first-order chi connectivity index (χ1) is 8.20. The molecular weight excluding hydrogens is 214 g/mol. The zero-order valence-corrected chi connectivity index (χ0v) is 10.6. The fourth-order valence-electron chi connectivity index (χ4n) is 2.40. The Balaban J connectivity index is 2.13. The molecule has 1 aliphatic rings. The van der Waals surface area contributed by atoms with Gasteiger partial charge in [-0.05, 0) is 56.5 Å². The Labute approximate surface area is 103 Å². The first-order valence-corrected chi connectivity index (χ1v) is 6.31. The smallest absolute Gasteiger partial charge is 0.119 e. The highest BCUT2D eigenvalue weighted by atomic mass is 16.5. The summed E-state index contributed by atoms with van der Waals surface area (Å²) >= 11 is 0. The molecule has 17 heavy (non-hydrogen) atoms. The number of hydrogen-bond donors (Lipinski definition) is 2. The Morgan fingerprint density at radius 1 is 1.53 bits per heavy atom. The second-order valence-corrected chi connectivity index (χ2v) is 4.75. The summed E-state index contributed by atoms with van der Waals surface area (Å²) in [5.41, 5.74) is 2.77. The van der Waals surface area contributed by atoms with Crippen LogP contribution >= 0.6 is 0 Å². The average molecular weight is 235 g/mol. The predicted octanol–water partition coefficient (Wildman–Crippen LogP) is 2.04. The van der Waals surface area contributed by atoms with Gasteiger partial charge >= 0.3 is 0 Å². The fourth-order valence-corrected chi connectivity index (χ4v) is 2.40. The second kappa shape index (κ2) is 5.52. The van der Waals surface area contributed by atoms with Gasteiger partial charge in [0.05, 0.1) is 6.10 Å². The summed E-state index contributed by atoms with van der Waals surface area (Å²) in [4.78, 5) is 0. The number of fused-ring (bicyclic) bond motifs is 1. The van der Waals surface area contributed by atoms with Crippen molar-refractivity contribution >= 4 is 0 Å². The van der Waals surface area contributed by atoms with Crippen LogP contribution in [0.2, 0.25) is 0 Å². The number of benzene rings is 1. The summed E-state index contributed by atoms with van der Waals surface area (Å²) in [6.45, 7) is 2.09. The molecule has 2 atom stereocenters. The summed E-state index contributed by atoms with van der Waals surface area (Å²) in [5.74, 6) is 0.862. The molecular formula is C14H21NO2. The van der Waals surface area contributed by atoms with Crippen LogP contribution in [-0.4, -0.2) is 24.9 Å². The van der Waals surface area contributed by atoms with Gasteiger partial charge in [-0.3, -0.25) is 0 Å². The van der Waals surface area contributed by atoms with Crippen LogP contribution in [0.5, 0.6) is 5.75 Å². The highest BCUT2D eigenvalue weighted by molar-refractivity contribution is 5.39. The second-order valence-electron chi connectivity index (χ2n) is 4.75. The van der Waals surface area contributed by atoms with Crippen molar-refractivity contribution in [2.45, 2.75) is 38.3 Å². The van der Waals surface area contributed by atoms with Crippen LogP contribution in [0.4, 0.5) is 0 Å². The van der Waals surface area contributed by atoms with Crippen LogP contribution < -0.4 is 10.1 Å². The molecule has 0 saturated carbocycles. The number of aliphatic hydroxyl groups is 1. The molecule has 0 aliphatic heterocycles. The van der Waals surface area contributed by atoms with E-state index in [4.69, 9.17) is 4.74 Å². The highest BCUT2D eigenvalue weighted by Crippen LogP contribution is 2.31. The Bertz CT molecular complexity index is 376. The van der Waals surface area contributed by atoms with Gasteiger partial charge in [0.1, 0.15) is 12.4 Å². The minimum atomic E-state index is -0.420. The van der Waals surface area contributed by atoms with Crippen LogP contribution in [0.25, 0.3) is 0 Å². The van der Waals surface area contributed by atoms with Crippen LogP contribution in [0.3, 0.4) is 0 Å². The lowest BCUT2D eigenvalue weighted by atomic mass is 9.87. The third-order valence-corrected chi connectivity index (χ3v) is 3.27. The first kappa shape index (κ1) is 12.4. The SMILES string of the molecule is CNC1CCCc2cc(OCC(C)O)ccc21. The first-order valence-electron chi connectivity index (χ1n) is 6.31. The van der Waals surface area contributed by atoms with E-state index < -0.39 is 6.10 Å². The molecule has 0 aromatic heterocycles. The third kappa shape index (κ3) is 2.99. The van der Waals surface area contributed by atoms with E-state index in [1.54, 1.807) is 6.92 Å². The fraction of sp³-hybridized carbons (Fsp3) is 0.571. The van der Waals surface area contributed by atoms with Gasteiger partial charge in [0.15, 0.2) is 0 Å². The van der Waals surface area contributed by atoms with Gasteiger partial charge in [-0.2, -0.15) is 0 Å². The quantitative estimate of drug-likeness (QED) is 0.839. The van der Waals surface area contributed by atoms with Gasteiger partial charge in [-0.25, -0.2) is 0 Å². The summed E-state index contributed by atoms with van der Waals surface area (Å²) in [7, 11) is 2.01. The molecule has 0 radical (unpaired) electrons. The maximum atomic E-state index is 9.20. The lowest BCUT2D eigenvalue weighted by Gasteiger charge is -2.25. The number of ether oxygens (including phenoxy) is 1. The highest BCUT2D eigenvalue weighted by Gasteiger charge is 2.18. The Kier molecular flexibility index (Phi) is 4.02. The number of aryl methyl sites for hydroxylation is 1. The van der Waals surface area contributed by atoms with Crippen molar-refractivity contribution in [1.82, 2.24) is 5.32 Å². The molecule has 0 heterocycles. The molecule has 1 aliphatic carbocycles. The monoisotopic (exact) mass is 235 g/mol. The summed E-state index contributed by atoms with van der Waals surface area (Å²) in [5, 5.41) is 12.5. The lowest BCUT2D eigenvalue weighted by molar-refractivity contribution is 0.122. The summed E-state index contributed by atoms with van der Waals surface area (Å²) in [6.07, 6.45) is 3.13. The minimum absolute atomic E-state index is 0.355. The maximum Gasteiger partial charge on any atom is 0.119 e. The van der Waals surface area contributed by atoms with Crippen molar-refractivity contribution in [1.29, 1.82) is 0 Å². The maximum absolute atomic E-state index is 9.20. The van der Waals surface area contributed by atoms with Crippen molar-refractivity contribution in [3.63, 3.8) is 0 Å². The Hall–Kier alpha value is -1.06. The normalized spacial score (nSPS) is 20.8. The molecule has 3 nitrogen and oxygen atoms in total. The van der Waals surface area contributed by atoms with Crippen LogP contribution in [0.1, 0.15) is 36.9 Å². The molecule has 1 aromatic rings. The van der Waals surface area contributed by atoms with Gasteiger partial charge in [-0.15, -0.1) is 0 Å². The molecule has 0 saturated heterocycles. The summed E-state index contributed by atoms with van der Waals surface area (Å²) in [6, 6.07) is 6.73. The number of aliphatic hydroxyl groups excluding tert-OH is 1. The number of nitrogens with one attached hydrogen (secondary N) is 1. The average Bonchev–Trinajstić information content (AvgIpc) is 2.35. The van der Waals surface area contributed by atoms with Crippen molar-refractivity contribution in [2.24, 2.45) is 0 Å². The van der Waals surface area contributed by atoms with E-state index in [0.717, 1.165) is 12.2 Å². The van der Waals surface area contributed by atoms with E-state index in [0.29, 0.717) is 12.6 Å². The molecule has 2 unspecified atom stereocenters. The van der Waals surface area contributed by atoms with Gasteiger partial charge < -0.3 is 15.2 Å². The Morgan fingerprint density at radius 3 is 3.06 bits per heavy atom. The van der Waals surface area contributed by atoms with Crippen LogP contribution in [-0.2, 0) is 6.42 Å². The molecule has 2 rings (SSSR count). The van der Waals surface area contributed by atoms with E-state index in [1.165, 1.54) is 24.0 Å². The van der Waals surface area contributed by atoms with E-state index >= 15 is 0 Å². The molecule has 1 aromatic carbocycles. The van der Waals surface area contributed by atoms with Gasteiger partial charge in [0.2, 0.25) is 0 Å². The largest absolute Gasteiger partial charge is 0.491 e. The Morgan fingerprint density at radius 2 is 2.35 bits per heavy atom.